The zero-order valence-electron chi connectivity index (χ0n) is 17.5. The Kier molecular flexibility index (Phi) is 6.73. The summed E-state index contributed by atoms with van der Waals surface area (Å²) in [6.07, 6.45) is 1.31. The van der Waals surface area contributed by atoms with Gasteiger partial charge in [0.1, 0.15) is 5.75 Å². The molecule has 1 N–H and O–H groups in total. The third-order valence-corrected chi connectivity index (χ3v) is 6.56. The highest BCUT2D eigenvalue weighted by atomic mass is 79.9. The summed E-state index contributed by atoms with van der Waals surface area (Å²) in [4.78, 5) is 13.8. The van der Waals surface area contributed by atoms with Crippen molar-refractivity contribution in [1.82, 2.24) is 4.90 Å². The normalized spacial score (nSPS) is 16.1. The van der Waals surface area contributed by atoms with E-state index in [1.807, 2.05) is 30.3 Å². The van der Waals surface area contributed by atoms with Gasteiger partial charge in [0.05, 0.1) is 19.1 Å². The fourth-order valence-corrected chi connectivity index (χ4v) is 4.78. The lowest BCUT2D eigenvalue weighted by molar-refractivity contribution is -0.143. The first-order valence-electron chi connectivity index (χ1n) is 10.5. The molecule has 0 aromatic heterocycles. The molecule has 0 bridgehead atoms. The third-order valence-electron chi connectivity index (χ3n) is 6.06. The first-order chi connectivity index (χ1) is 15.1. The van der Waals surface area contributed by atoms with Crippen molar-refractivity contribution in [3.63, 3.8) is 0 Å². The molecule has 3 aromatic carbocycles. The summed E-state index contributed by atoms with van der Waals surface area (Å²) in [5.74, 6) is -0.120. The molecule has 1 aliphatic heterocycles. The molecule has 0 radical (unpaired) electrons. The number of nitrogens with zero attached hydrogens (tertiary/aromatic N) is 1. The van der Waals surface area contributed by atoms with Crippen LogP contribution in [0.2, 0.25) is 0 Å². The minimum atomic E-state index is -0.691. The minimum absolute atomic E-state index is 0.00739. The number of carboxylic acid groups (broad SMARTS) is 1. The maximum atomic E-state index is 11.4. The fraction of sp³-hybridized carbons (Fsp3) is 0.269. The van der Waals surface area contributed by atoms with E-state index in [4.69, 9.17) is 4.74 Å². The second-order valence-corrected chi connectivity index (χ2v) is 8.84. The summed E-state index contributed by atoms with van der Waals surface area (Å²) in [5.41, 5.74) is 4.62. The van der Waals surface area contributed by atoms with E-state index in [9.17, 15) is 9.90 Å². The van der Waals surface area contributed by atoms with Crippen LogP contribution in [0.3, 0.4) is 0 Å². The molecule has 31 heavy (non-hydrogen) atoms. The first-order valence-corrected chi connectivity index (χ1v) is 11.3. The summed E-state index contributed by atoms with van der Waals surface area (Å²) in [6, 6.07) is 25.1. The van der Waals surface area contributed by atoms with E-state index in [0.717, 1.165) is 28.9 Å². The molecule has 5 heteroatoms. The van der Waals surface area contributed by atoms with E-state index >= 15 is 0 Å². The Hall–Kier alpha value is -2.63. The molecular weight excluding hydrogens is 454 g/mol. The van der Waals surface area contributed by atoms with Crippen molar-refractivity contribution in [1.29, 1.82) is 0 Å². The van der Waals surface area contributed by atoms with Crippen molar-refractivity contribution in [3.8, 4) is 16.9 Å². The molecule has 3 aromatic rings. The number of methoxy groups -OCH3 is 1. The van der Waals surface area contributed by atoms with Crippen LogP contribution in [0.1, 0.15) is 30.0 Å². The van der Waals surface area contributed by atoms with Gasteiger partial charge in [-0.05, 0) is 60.8 Å². The van der Waals surface area contributed by atoms with Gasteiger partial charge in [0.25, 0.3) is 0 Å². The van der Waals surface area contributed by atoms with Crippen LogP contribution in [0.4, 0.5) is 0 Å². The summed E-state index contributed by atoms with van der Waals surface area (Å²) in [5, 5.41) is 9.41. The third kappa shape index (κ3) is 4.83. The molecule has 1 fully saturated rings. The van der Waals surface area contributed by atoms with E-state index in [-0.39, 0.29) is 12.0 Å². The van der Waals surface area contributed by atoms with Crippen molar-refractivity contribution >= 4 is 21.9 Å². The van der Waals surface area contributed by atoms with Gasteiger partial charge in [0.15, 0.2) is 0 Å². The summed E-state index contributed by atoms with van der Waals surface area (Å²) in [6.45, 7) is 1.47. The molecule has 0 saturated carbocycles. The highest BCUT2D eigenvalue weighted by Crippen LogP contribution is 2.39. The number of carbonyl (C=O) groups is 1. The molecule has 160 valence electrons. The van der Waals surface area contributed by atoms with Crippen LogP contribution in [0, 0.1) is 5.92 Å². The zero-order chi connectivity index (χ0) is 21.8. The molecule has 0 aliphatic carbocycles. The van der Waals surface area contributed by atoms with E-state index in [0.29, 0.717) is 12.8 Å². The van der Waals surface area contributed by atoms with Gasteiger partial charge in [-0.1, -0.05) is 70.5 Å². The van der Waals surface area contributed by atoms with E-state index in [1.165, 1.54) is 16.7 Å². The van der Waals surface area contributed by atoms with Gasteiger partial charge >= 0.3 is 5.97 Å². The Labute approximate surface area is 191 Å². The van der Waals surface area contributed by atoms with Gasteiger partial charge in [0, 0.05) is 10.0 Å². The van der Waals surface area contributed by atoms with Gasteiger partial charge in [-0.2, -0.15) is 0 Å². The quantitative estimate of drug-likeness (QED) is 0.470. The number of hydrogen-bond acceptors (Lipinski definition) is 3. The lowest BCUT2D eigenvalue weighted by Gasteiger charge is -2.37. The lowest BCUT2D eigenvalue weighted by Crippen LogP contribution is -2.39. The SMILES string of the molecule is COc1ccc(Br)cc1C(c1ccc(-c2ccccc2)cc1)N1CCC(C(=O)O)CC1. The van der Waals surface area contributed by atoms with Crippen LogP contribution < -0.4 is 4.74 Å². The average molecular weight is 480 g/mol. The number of piperidine rings is 1. The molecule has 1 saturated heterocycles. The Morgan fingerprint density at radius 1 is 1.00 bits per heavy atom. The molecule has 1 aliphatic rings. The number of halogens is 1. The number of aliphatic carboxylic acids is 1. The Bertz CT molecular complexity index is 1030. The van der Waals surface area contributed by atoms with Crippen molar-refractivity contribution in [2.75, 3.05) is 20.2 Å². The second-order valence-electron chi connectivity index (χ2n) is 7.93. The molecular formula is C26H26BrNO3. The highest BCUT2D eigenvalue weighted by molar-refractivity contribution is 9.10. The Morgan fingerprint density at radius 2 is 1.65 bits per heavy atom. The summed E-state index contributed by atoms with van der Waals surface area (Å²) in [7, 11) is 1.69. The summed E-state index contributed by atoms with van der Waals surface area (Å²) < 4.78 is 6.70. The molecule has 4 rings (SSSR count). The average Bonchev–Trinajstić information content (AvgIpc) is 2.81. The Morgan fingerprint density at radius 3 is 2.26 bits per heavy atom. The van der Waals surface area contributed by atoms with Gasteiger partial charge in [-0.3, -0.25) is 9.69 Å². The largest absolute Gasteiger partial charge is 0.496 e. The molecule has 1 heterocycles. The van der Waals surface area contributed by atoms with Gasteiger partial charge < -0.3 is 9.84 Å². The summed E-state index contributed by atoms with van der Waals surface area (Å²) >= 11 is 3.61. The van der Waals surface area contributed by atoms with Crippen LogP contribution in [-0.2, 0) is 4.79 Å². The van der Waals surface area contributed by atoms with Crippen molar-refractivity contribution < 1.29 is 14.6 Å². The zero-order valence-corrected chi connectivity index (χ0v) is 19.1. The molecule has 1 atom stereocenters. The van der Waals surface area contributed by atoms with E-state index in [1.54, 1.807) is 7.11 Å². The lowest BCUT2D eigenvalue weighted by atomic mass is 9.90. The topological polar surface area (TPSA) is 49.8 Å². The number of hydrogen-bond donors (Lipinski definition) is 1. The number of ether oxygens (including phenoxy) is 1. The number of rotatable bonds is 6. The van der Waals surface area contributed by atoms with Crippen molar-refractivity contribution in [2.24, 2.45) is 5.92 Å². The van der Waals surface area contributed by atoms with Crippen LogP contribution >= 0.6 is 15.9 Å². The van der Waals surface area contributed by atoms with E-state index in [2.05, 4.69) is 63.3 Å². The van der Waals surface area contributed by atoms with Crippen molar-refractivity contribution in [2.45, 2.75) is 18.9 Å². The fourth-order valence-electron chi connectivity index (χ4n) is 4.40. The molecule has 4 nitrogen and oxygen atoms in total. The van der Waals surface area contributed by atoms with Crippen LogP contribution in [-0.4, -0.2) is 36.2 Å². The highest BCUT2D eigenvalue weighted by Gasteiger charge is 2.31. The van der Waals surface area contributed by atoms with Crippen molar-refractivity contribution in [3.05, 3.63) is 88.4 Å². The monoisotopic (exact) mass is 479 g/mol. The van der Waals surface area contributed by atoms with Crippen LogP contribution in [0.5, 0.6) is 5.75 Å². The maximum absolute atomic E-state index is 11.4. The minimum Gasteiger partial charge on any atom is -0.496 e. The number of likely N-dealkylation sites (tertiary alicyclic amines) is 1. The molecule has 1 unspecified atom stereocenters. The number of carboxylic acids is 1. The van der Waals surface area contributed by atoms with Gasteiger partial charge in [-0.15, -0.1) is 0 Å². The first kappa shape index (κ1) is 21.6. The van der Waals surface area contributed by atoms with Crippen LogP contribution in [0.25, 0.3) is 11.1 Å². The number of benzene rings is 3. The molecule has 0 spiro atoms. The Balaban J connectivity index is 1.71. The molecule has 0 amide bonds. The predicted molar refractivity (Wildman–Crippen MR) is 126 cm³/mol. The van der Waals surface area contributed by atoms with E-state index < -0.39 is 5.97 Å². The second kappa shape index (κ2) is 9.67. The van der Waals surface area contributed by atoms with Gasteiger partial charge in [-0.25, -0.2) is 0 Å². The van der Waals surface area contributed by atoms with Gasteiger partial charge in [0.2, 0.25) is 0 Å². The standard InChI is InChI=1S/C26H26BrNO3/c1-31-24-12-11-22(27)17-23(24)25(28-15-13-21(14-16-28)26(29)30)20-9-7-19(8-10-20)18-5-3-2-4-6-18/h2-12,17,21,25H,13-16H2,1H3,(H,29,30). The van der Waals surface area contributed by atoms with Crippen LogP contribution in [0.15, 0.2) is 77.3 Å². The predicted octanol–water partition coefficient (Wildman–Crippen LogP) is 6.01. The smallest absolute Gasteiger partial charge is 0.306 e. The maximum Gasteiger partial charge on any atom is 0.306 e.